The fourth-order valence-electron chi connectivity index (χ4n) is 4.10. The van der Waals surface area contributed by atoms with Crippen molar-refractivity contribution in [3.8, 4) is 0 Å². The molecule has 1 saturated heterocycles. The molecule has 1 fully saturated rings. The van der Waals surface area contributed by atoms with Gasteiger partial charge in [0.2, 0.25) is 0 Å². The molecule has 1 aliphatic rings. The van der Waals surface area contributed by atoms with E-state index in [0.29, 0.717) is 11.1 Å². The number of aliphatic carboxylic acids is 1. The highest BCUT2D eigenvalue weighted by Crippen LogP contribution is 2.36. The zero-order valence-electron chi connectivity index (χ0n) is 17.3. The van der Waals surface area contributed by atoms with Gasteiger partial charge in [-0.25, -0.2) is 0 Å². The first kappa shape index (κ1) is 22.9. The van der Waals surface area contributed by atoms with Crippen LogP contribution in [0.5, 0.6) is 0 Å². The third-order valence-electron chi connectivity index (χ3n) is 5.80. The smallest absolute Gasteiger partial charge is 0.312 e. The van der Waals surface area contributed by atoms with E-state index in [1.165, 1.54) is 4.90 Å². The summed E-state index contributed by atoms with van der Waals surface area (Å²) in [7, 11) is 0. The molecule has 32 heavy (non-hydrogen) atoms. The van der Waals surface area contributed by atoms with Crippen LogP contribution in [0, 0.1) is 5.41 Å². The molecule has 2 aromatic carbocycles. The summed E-state index contributed by atoms with van der Waals surface area (Å²) in [5.41, 5.74) is 0.608. The number of hydrogen-bond acceptors (Lipinski definition) is 5. The van der Waals surface area contributed by atoms with Crippen LogP contribution in [0.15, 0.2) is 66.9 Å². The molecule has 3 N–H and O–H groups in total. The zero-order chi connectivity index (χ0) is 23.1. The zero-order valence-corrected chi connectivity index (χ0v) is 17.3. The number of aliphatic hydroxyl groups is 1. The molecule has 0 bridgehead atoms. The number of amides is 1. The highest BCUT2D eigenvalue weighted by atomic mass is 16.4. The average molecular weight is 436 g/mol. The maximum atomic E-state index is 13.1. The van der Waals surface area contributed by atoms with Crippen molar-refractivity contribution in [3.05, 3.63) is 78.0 Å². The van der Waals surface area contributed by atoms with Crippen LogP contribution in [0.1, 0.15) is 22.3 Å². The third-order valence-corrected chi connectivity index (χ3v) is 5.80. The molecule has 0 saturated carbocycles. The van der Waals surface area contributed by atoms with E-state index in [0.717, 1.165) is 10.9 Å². The molecule has 1 amide bonds. The Morgan fingerprint density at radius 1 is 1.09 bits per heavy atom. The molecule has 8 nitrogen and oxygen atoms in total. The average Bonchev–Trinajstić information content (AvgIpc) is 2.80. The number of aliphatic hydroxyl groups excluding tert-OH is 1. The second-order valence-corrected chi connectivity index (χ2v) is 7.63. The van der Waals surface area contributed by atoms with Crippen molar-refractivity contribution in [3.63, 3.8) is 0 Å². The van der Waals surface area contributed by atoms with Crippen molar-refractivity contribution >= 4 is 29.3 Å². The van der Waals surface area contributed by atoms with Crippen LogP contribution < -0.4 is 0 Å². The minimum Gasteiger partial charge on any atom is -0.483 e. The van der Waals surface area contributed by atoms with Crippen LogP contribution in [0.3, 0.4) is 0 Å². The predicted octanol–water partition coefficient (Wildman–Crippen LogP) is 2.46. The van der Waals surface area contributed by atoms with Crippen molar-refractivity contribution in [2.75, 3.05) is 13.1 Å². The minimum atomic E-state index is -1.31. The molecule has 4 rings (SSSR count). The van der Waals surface area contributed by atoms with Gasteiger partial charge in [-0.3, -0.25) is 19.4 Å². The van der Waals surface area contributed by atoms with Crippen LogP contribution in [0.25, 0.3) is 10.9 Å². The molecule has 2 atom stereocenters. The maximum absolute atomic E-state index is 13.1. The number of pyridine rings is 1. The minimum absolute atomic E-state index is 0.0266. The summed E-state index contributed by atoms with van der Waals surface area (Å²) in [6, 6.07) is 18.4. The number of carbonyl (C=O) groups is 3. The van der Waals surface area contributed by atoms with Gasteiger partial charge in [0.1, 0.15) is 5.41 Å². The first-order chi connectivity index (χ1) is 15.4. The molecule has 3 aromatic rings. The summed E-state index contributed by atoms with van der Waals surface area (Å²) in [4.78, 5) is 39.5. The van der Waals surface area contributed by atoms with Crippen LogP contribution in [-0.2, 0) is 16.0 Å². The molecule has 1 aromatic heterocycles. The fourth-order valence-corrected chi connectivity index (χ4v) is 4.10. The van der Waals surface area contributed by atoms with Gasteiger partial charge in [0.05, 0.1) is 17.2 Å². The monoisotopic (exact) mass is 436 g/mol. The van der Waals surface area contributed by atoms with Gasteiger partial charge in [0.15, 0.2) is 0 Å². The number of para-hydroxylation sites is 1. The number of aromatic nitrogens is 1. The van der Waals surface area contributed by atoms with Gasteiger partial charge >= 0.3 is 5.97 Å². The third kappa shape index (κ3) is 4.60. The Labute approximate surface area is 184 Å². The van der Waals surface area contributed by atoms with Crippen molar-refractivity contribution in [1.82, 2.24) is 9.88 Å². The Kier molecular flexibility index (Phi) is 7.17. The van der Waals surface area contributed by atoms with Crippen LogP contribution in [-0.4, -0.2) is 62.7 Å². The first-order valence-electron chi connectivity index (χ1n) is 10.1. The Morgan fingerprint density at radius 2 is 1.78 bits per heavy atom. The SMILES string of the molecule is O=C(c1cccc2cccnc12)N1CC[C@](Cc2ccccc2)(C(=O)O)[C@H](O)C1.O=CO. The number of carbonyl (C=O) groups excluding carboxylic acids is 1. The van der Waals surface area contributed by atoms with Gasteiger partial charge in [-0.2, -0.15) is 0 Å². The highest BCUT2D eigenvalue weighted by molar-refractivity contribution is 6.05. The van der Waals surface area contributed by atoms with Crippen molar-refractivity contribution in [2.45, 2.75) is 18.9 Å². The molecule has 8 heteroatoms. The van der Waals surface area contributed by atoms with Gasteiger partial charge in [0.25, 0.3) is 12.4 Å². The molecule has 166 valence electrons. The molecule has 0 radical (unpaired) electrons. The molecule has 2 heterocycles. The molecular formula is C24H24N2O6. The van der Waals surface area contributed by atoms with E-state index in [9.17, 15) is 19.8 Å². The standard InChI is InChI=1S/C23H22N2O4.CH2O2/c26-19-15-25(21(27)18-10-4-8-17-9-5-12-24-20(17)18)13-11-23(19,22(28)29)14-16-6-2-1-3-7-16;2-1-3/h1-10,12,19,26H,11,13-15H2,(H,28,29);1H,(H,2,3)/t19-,23-;/m1./s1. The molecule has 1 aliphatic heterocycles. The number of piperidine rings is 1. The van der Waals surface area contributed by atoms with E-state index in [-0.39, 0.29) is 38.3 Å². The summed E-state index contributed by atoms with van der Waals surface area (Å²) in [6.07, 6.45) is 0.880. The number of carboxylic acid groups (broad SMARTS) is 2. The number of likely N-dealkylation sites (tertiary alicyclic amines) is 1. The van der Waals surface area contributed by atoms with E-state index in [1.807, 2.05) is 48.5 Å². The highest BCUT2D eigenvalue weighted by Gasteiger charge is 2.49. The van der Waals surface area contributed by atoms with Crippen molar-refractivity contribution in [2.24, 2.45) is 5.41 Å². The first-order valence-corrected chi connectivity index (χ1v) is 10.1. The summed E-state index contributed by atoms with van der Waals surface area (Å²) in [5, 5.41) is 28.5. The number of nitrogens with zero attached hydrogens (tertiary/aromatic N) is 2. The lowest BCUT2D eigenvalue weighted by atomic mass is 9.71. The van der Waals surface area contributed by atoms with Gasteiger partial charge in [-0.05, 0) is 30.5 Å². The Morgan fingerprint density at radius 3 is 2.44 bits per heavy atom. The maximum Gasteiger partial charge on any atom is 0.312 e. The van der Waals surface area contributed by atoms with Crippen molar-refractivity contribution in [1.29, 1.82) is 0 Å². The summed E-state index contributed by atoms with van der Waals surface area (Å²) in [6.45, 7) is -0.0144. The van der Waals surface area contributed by atoms with Crippen LogP contribution in [0.4, 0.5) is 0 Å². The second kappa shape index (κ2) is 10.0. The van der Waals surface area contributed by atoms with Crippen molar-refractivity contribution < 1.29 is 29.7 Å². The quantitative estimate of drug-likeness (QED) is 0.536. The van der Waals surface area contributed by atoms with Gasteiger partial charge in [-0.1, -0.05) is 48.5 Å². The molecule has 0 spiro atoms. The number of rotatable bonds is 4. The van der Waals surface area contributed by atoms with E-state index in [4.69, 9.17) is 9.90 Å². The normalized spacial score (nSPS) is 20.2. The fraction of sp³-hybridized carbons (Fsp3) is 0.250. The Bertz CT molecular complexity index is 1100. The lowest BCUT2D eigenvalue weighted by Gasteiger charge is -2.43. The van der Waals surface area contributed by atoms with Crippen LogP contribution in [0.2, 0.25) is 0 Å². The summed E-state index contributed by atoms with van der Waals surface area (Å²) >= 11 is 0. The predicted molar refractivity (Wildman–Crippen MR) is 117 cm³/mol. The van der Waals surface area contributed by atoms with E-state index in [2.05, 4.69) is 4.98 Å². The van der Waals surface area contributed by atoms with Crippen LogP contribution >= 0.6 is 0 Å². The number of hydrogen-bond donors (Lipinski definition) is 3. The number of carboxylic acids is 1. The number of benzene rings is 2. The van der Waals surface area contributed by atoms with E-state index >= 15 is 0 Å². The van der Waals surface area contributed by atoms with Gasteiger partial charge in [-0.15, -0.1) is 0 Å². The Balaban J connectivity index is 0.000000913. The van der Waals surface area contributed by atoms with Gasteiger partial charge in [0, 0.05) is 24.7 Å². The topological polar surface area (TPSA) is 128 Å². The second-order valence-electron chi connectivity index (χ2n) is 7.63. The largest absolute Gasteiger partial charge is 0.483 e. The molecule has 0 aliphatic carbocycles. The summed E-state index contributed by atoms with van der Waals surface area (Å²) in [5.74, 6) is -1.28. The lowest BCUT2D eigenvalue weighted by Crippen LogP contribution is -2.57. The Hall–Kier alpha value is -3.78. The van der Waals surface area contributed by atoms with E-state index in [1.54, 1.807) is 18.3 Å². The summed E-state index contributed by atoms with van der Waals surface area (Å²) < 4.78 is 0. The number of fused-ring (bicyclic) bond motifs is 1. The van der Waals surface area contributed by atoms with Gasteiger partial charge < -0.3 is 20.2 Å². The molecular weight excluding hydrogens is 412 g/mol. The molecule has 0 unspecified atom stereocenters. The lowest BCUT2D eigenvalue weighted by molar-refractivity contribution is -0.161. The number of β-amino-alcohol motifs (C(OH)–C–C–N with tert-alkyl or cyclic N) is 1. The van der Waals surface area contributed by atoms with E-state index < -0.39 is 17.5 Å².